The van der Waals surface area contributed by atoms with E-state index in [2.05, 4.69) is 10.3 Å². The van der Waals surface area contributed by atoms with Crippen LogP contribution in [0.15, 0.2) is 42.7 Å². The maximum atomic E-state index is 11.5. The number of pyridine rings is 1. The molecule has 3 nitrogen and oxygen atoms in total. The highest BCUT2D eigenvalue weighted by Crippen LogP contribution is 2.24. The summed E-state index contributed by atoms with van der Waals surface area (Å²) in [4.78, 5) is 15.6. The number of nitrogens with one attached hydrogen (secondary N) is 1. The number of benzene rings is 1. The Morgan fingerprint density at radius 3 is 2.94 bits per heavy atom. The third-order valence-electron chi connectivity index (χ3n) is 2.79. The van der Waals surface area contributed by atoms with E-state index in [0.29, 0.717) is 6.54 Å². The summed E-state index contributed by atoms with van der Waals surface area (Å²) in [5, 5.41) is 2.81. The molecule has 3 heteroatoms. The van der Waals surface area contributed by atoms with Crippen molar-refractivity contribution in [1.29, 1.82) is 0 Å². The van der Waals surface area contributed by atoms with E-state index >= 15 is 0 Å². The first-order valence-corrected chi connectivity index (χ1v) is 5.16. The largest absolute Gasteiger partial charge is 0.348 e. The number of aromatic nitrogens is 1. The van der Waals surface area contributed by atoms with Crippen molar-refractivity contribution >= 4 is 5.91 Å². The van der Waals surface area contributed by atoms with Crippen LogP contribution in [-0.2, 0) is 6.54 Å². The summed E-state index contributed by atoms with van der Waals surface area (Å²) in [6, 6.07) is 9.82. The normalized spacial score (nSPS) is 13.4. The Kier molecular flexibility index (Phi) is 1.96. The first kappa shape index (κ1) is 9.09. The second-order valence-electron chi connectivity index (χ2n) is 3.80. The fourth-order valence-corrected chi connectivity index (χ4v) is 1.93. The zero-order chi connectivity index (χ0) is 11.0. The summed E-state index contributed by atoms with van der Waals surface area (Å²) in [5.74, 6) is 0.0146. The molecule has 16 heavy (non-hydrogen) atoms. The van der Waals surface area contributed by atoms with E-state index in [-0.39, 0.29) is 5.91 Å². The Balaban J connectivity index is 2.11. The minimum atomic E-state index is 0.0146. The van der Waals surface area contributed by atoms with Gasteiger partial charge in [-0.25, -0.2) is 0 Å². The Bertz CT molecular complexity index is 549. The van der Waals surface area contributed by atoms with Gasteiger partial charge in [-0.3, -0.25) is 9.78 Å². The number of carbonyl (C=O) groups is 1. The molecule has 2 heterocycles. The lowest BCUT2D eigenvalue weighted by Crippen LogP contribution is -2.12. The van der Waals surface area contributed by atoms with E-state index in [1.165, 1.54) is 0 Å². The molecule has 0 unspecified atom stereocenters. The number of nitrogens with zero attached hydrogens (tertiary/aromatic N) is 1. The highest BCUT2D eigenvalue weighted by molar-refractivity contribution is 5.99. The van der Waals surface area contributed by atoms with Gasteiger partial charge in [0.2, 0.25) is 0 Å². The van der Waals surface area contributed by atoms with Crippen LogP contribution in [0.5, 0.6) is 0 Å². The van der Waals surface area contributed by atoms with Crippen LogP contribution in [0.3, 0.4) is 0 Å². The van der Waals surface area contributed by atoms with Crippen molar-refractivity contribution in [2.75, 3.05) is 0 Å². The summed E-state index contributed by atoms with van der Waals surface area (Å²) in [6.45, 7) is 0.640. The molecule has 0 spiro atoms. The van der Waals surface area contributed by atoms with Crippen molar-refractivity contribution in [2.45, 2.75) is 6.54 Å². The van der Waals surface area contributed by atoms with Crippen molar-refractivity contribution in [3.8, 4) is 11.1 Å². The average Bonchev–Trinajstić information content (AvgIpc) is 2.72. The molecule has 78 valence electrons. The number of carbonyl (C=O) groups excluding carboxylic acids is 1. The van der Waals surface area contributed by atoms with E-state index in [1.807, 2.05) is 30.3 Å². The zero-order valence-corrected chi connectivity index (χ0v) is 8.60. The summed E-state index contributed by atoms with van der Waals surface area (Å²) in [7, 11) is 0. The molecule has 3 rings (SSSR count). The molecule has 0 saturated carbocycles. The second-order valence-corrected chi connectivity index (χ2v) is 3.80. The molecule has 0 saturated heterocycles. The van der Waals surface area contributed by atoms with E-state index in [1.54, 1.807) is 12.4 Å². The van der Waals surface area contributed by atoms with Crippen LogP contribution in [0.2, 0.25) is 0 Å². The van der Waals surface area contributed by atoms with Gasteiger partial charge in [-0.15, -0.1) is 0 Å². The minimum Gasteiger partial charge on any atom is -0.348 e. The summed E-state index contributed by atoms with van der Waals surface area (Å²) >= 11 is 0. The van der Waals surface area contributed by atoms with Gasteiger partial charge < -0.3 is 5.32 Å². The van der Waals surface area contributed by atoms with Gasteiger partial charge in [0.15, 0.2) is 0 Å². The van der Waals surface area contributed by atoms with Crippen LogP contribution in [0.25, 0.3) is 11.1 Å². The molecule has 1 aliphatic heterocycles. The molecule has 1 N–H and O–H groups in total. The van der Waals surface area contributed by atoms with Crippen LogP contribution < -0.4 is 5.32 Å². The maximum Gasteiger partial charge on any atom is 0.251 e. The van der Waals surface area contributed by atoms with Crippen molar-refractivity contribution in [2.24, 2.45) is 0 Å². The van der Waals surface area contributed by atoms with Crippen molar-refractivity contribution in [1.82, 2.24) is 10.3 Å². The minimum absolute atomic E-state index is 0.0146. The van der Waals surface area contributed by atoms with E-state index < -0.39 is 0 Å². The van der Waals surface area contributed by atoms with Gasteiger partial charge in [0, 0.05) is 30.1 Å². The van der Waals surface area contributed by atoms with E-state index in [4.69, 9.17) is 0 Å². The molecule has 1 aliphatic rings. The smallest absolute Gasteiger partial charge is 0.251 e. The van der Waals surface area contributed by atoms with Gasteiger partial charge in [-0.2, -0.15) is 0 Å². The molecular formula is C13H10N2O. The van der Waals surface area contributed by atoms with Crippen molar-refractivity contribution < 1.29 is 4.79 Å². The average molecular weight is 210 g/mol. The molecule has 2 aromatic rings. The Morgan fingerprint density at radius 1 is 1.19 bits per heavy atom. The first-order valence-electron chi connectivity index (χ1n) is 5.16. The van der Waals surface area contributed by atoms with Gasteiger partial charge in [-0.1, -0.05) is 18.2 Å². The highest BCUT2D eigenvalue weighted by atomic mass is 16.1. The Hall–Kier alpha value is -2.16. The number of hydrogen-bond donors (Lipinski definition) is 1. The monoisotopic (exact) mass is 210 g/mol. The van der Waals surface area contributed by atoms with E-state index in [9.17, 15) is 4.79 Å². The maximum absolute atomic E-state index is 11.5. The van der Waals surface area contributed by atoms with Crippen molar-refractivity contribution in [3.05, 3.63) is 53.9 Å². The topological polar surface area (TPSA) is 42.0 Å². The highest BCUT2D eigenvalue weighted by Gasteiger charge is 2.18. The van der Waals surface area contributed by atoms with Gasteiger partial charge in [0.1, 0.15) is 0 Å². The number of amides is 1. The van der Waals surface area contributed by atoms with Crippen LogP contribution in [0.4, 0.5) is 0 Å². The van der Waals surface area contributed by atoms with Crippen LogP contribution in [0.1, 0.15) is 15.9 Å². The third-order valence-corrected chi connectivity index (χ3v) is 2.79. The molecule has 0 radical (unpaired) electrons. The van der Waals surface area contributed by atoms with Crippen LogP contribution in [-0.4, -0.2) is 10.9 Å². The summed E-state index contributed by atoms with van der Waals surface area (Å²) in [5.41, 5.74) is 3.91. The zero-order valence-electron chi connectivity index (χ0n) is 8.60. The van der Waals surface area contributed by atoms with Gasteiger partial charge in [0.25, 0.3) is 5.91 Å². The Labute approximate surface area is 93.1 Å². The third kappa shape index (κ3) is 1.37. The fraction of sp³-hybridized carbons (Fsp3) is 0.0769. The van der Waals surface area contributed by atoms with E-state index in [0.717, 1.165) is 22.3 Å². The molecular weight excluding hydrogens is 200 g/mol. The fourth-order valence-electron chi connectivity index (χ4n) is 1.93. The SMILES string of the molecule is O=C1NCc2ccc(-c3cccnc3)cc21. The van der Waals surface area contributed by atoms with Crippen LogP contribution in [0, 0.1) is 0 Å². The predicted octanol–water partition coefficient (Wildman–Crippen LogP) is 1.99. The van der Waals surface area contributed by atoms with Gasteiger partial charge in [0.05, 0.1) is 0 Å². The first-order chi connectivity index (χ1) is 7.84. The lowest BCUT2D eigenvalue weighted by Gasteiger charge is -2.02. The molecule has 0 bridgehead atoms. The predicted molar refractivity (Wildman–Crippen MR) is 60.8 cm³/mol. The number of hydrogen-bond acceptors (Lipinski definition) is 2. The lowest BCUT2D eigenvalue weighted by molar-refractivity contribution is 0.0966. The molecule has 0 fully saturated rings. The standard InChI is InChI=1S/C13H10N2O/c16-13-12-6-9(3-4-11(12)8-15-13)10-2-1-5-14-7-10/h1-7H,8H2,(H,15,16). The molecule has 1 amide bonds. The molecule has 0 aliphatic carbocycles. The summed E-state index contributed by atoms with van der Waals surface area (Å²) < 4.78 is 0. The number of rotatable bonds is 1. The molecule has 1 aromatic carbocycles. The summed E-state index contributed by atoms with van der Waals surface area (Å²) in [6.07, 6.45) is 3.54. The molecule has 1 aromatic heterocycles. The Morgan fingerprint density at radius 2 is 2.12 bits per heavy atom. The second kappa shape index (κ2) is 3.45. The van der Waals surface area contributed by atoms with Crippen molar-refractivity contribution in [3.63, 3.8) is 0 Å². The van der Waals surface area contributed by atoms with Crippen LogP contribution >= 0.6 is 0 Å². The lowest BCUT2D eigenvalue weighted by atomic mass is 10.0. The number of fused-ring (bicyclic) bond motifs is 1. The van der Waals surface area contributed by atoms with Gasteiger partial charge in [-0.05, 0) is 23.3 Å². The molecule has 0 atom stereocenters. The quantitative estimate of drug-likeness (QED) is 0.782. The van der Waals surface area contributed by atoms with Gasteiger partial charge >= 0.3 is 0 Å².